The fraction of sp³-hybridized carbons (Fsp3) is 0.231. The first-order valence-corrected chi connectivity index (χ1v) is 6.44. The molecule has 0 bridgehead atoms. The highest BCUT2D eigenvalue weighted by Gasteiger charge is 2.14. The summed E-state index contributed by atoms with van der Waals surface area (Å²) in [6.45, 7) is 2.10. The predicted molar refractivity (Wildman–Crippen MR) is 74.1 cm³/mol. The van der Waals surface area contributed by atoms with Crippen LogP contribution in [0.15, 0.2) is 18.2 Å². The number of aromatic amines is 1. The zero-order valence-electron chi connectivity index (χ0n) is 10.9. The van der Waals surface area contributed by atoms with Gasteiger partial charge in [0.25, 0.3) is 0 Å². The molecule has 104 valence electrons. The van der Waals surface area contributed by atoms with Crippen LogP contribution in [0.1, 0.15) is 11.3 Å². The summed E-state index contributed by atoms with van der Waals surface area (Å²) in [5.74, 6) is -1.18. The molecule has 0 saturated carbocycles. The summed E-state index contributed by atoms with van der Waals surface area (Å²) >= 11 is 5.26. The van der Waals surface area contributed by atoms with E-state index in [9.17, 15) is 8.78 Å². The third-order valence-electron chi connectivity index (χ3n) is 3.27. The summed E-state index contributed by atoms with van der Waals surface area (Å²) in [5.41, 5.74) is 2.82. The van der Waals surface area contributed by atoms with Crippen molar-refractivity contribution in [3.63, 3.8) is 0 Å². The van der Waals surface area contributed by atoms with Crippen LogP contribution in [0.25, 0.3) is 11.2 Å². The Labute approximate surface area is 118 Å². The number of rotatable bonds is 2. The van der Waals surface area contributed by atoms with Gasteiger partial charge >= 0.3 is 0 Å². The molecule has 4 nitrogen and oxygen atoms in total. The molecule has 3 aromatic rings. The normalized spacial score (nSPS) is 11.4. The number of aromatic nitrogens is 4. The molecule has 2 heterocycles. The standard InChI is InChI=1S/C13H12F2N4S/c1-7-11-12(18(2)17-7)19(13(20)16-11)6-8-3-4-9(14)5-10(8)15/h3-5H,6H2,1-2H3,(H,16,20). The lowest BCUT2D eigenvalue weighted by atomic mass is 10.2. The van der Waals surface area contributed by atoms with Crippen LogP contribution < -0.4 is 0 Å². The minimum atomic E-state index is -0.592. The van der Waals surface area contributed by atoms with Crippen LogP contribution in [0.4, 0.5) is 8.78 Å². The van der Waals surface area contributed by atoms with Gasteiger partial charge in [-0.3, -0.25) is 9.25 Å². The van der Waals surface area contributed by atoms with E-state index in [0.717, 1.165) is 22.9 Å². The first-order valence-electron chi connectivity index (χ1n) is 6.03. The number of benzene rings is 1. The second kappa shape index (κ2) is 4.52. The van der Waals surface area contributed by atoms with Gasteiger partial charge in [0.15, 0.2) is 10.4 Å². The lowest BCUT2D eigenvalue weighted by molar-refractivity contribution is 0.565. The number of fused-ring (bicyclic) bond motifs is 1. The molecule has 0 aliphatic heterocycles. The molecule has 3 rings (SSSR count). The maximum atomic E-state index is 13.8. The van der Waals surface area contributed by atoms with E-state index in [2.05, 4.69) is 10.1 Å². The molecule has 0 saturated heterocycles. The van der Waals surface area contributed by atoms with Gasteiger partial charge in [0.05, 0.1) is 12.2 Å². The molecule has 0 unspecified atom stereocenters. The maximum absolute atomic E-state index is 13.8. The molecule has 0 amide bonds. The number of halogens is 2. The van der Waals surface area contributed by atoms with Crippen LogP contribution in [0.3, 0.4) is 0 Å². The minimum absolute atomic E-state index is 0.226. The largest absolute Gasteiger partial charge is 0.328 e. The number of hydrogen-bond donors (Lipinski definition) is 1. The van der Waals surface area contributed by atoms with Crippen molar-refractivity contribution >= 4 is 23.4 Å². The van der Waals surface area contributed by atoms with E-state index >= 15 is 0 Å². The van der Waals surface area contributed by atoms with Crippen LogP contribution in [0.2, 0.25) is 0 Å². The SMILES string of the molecule is Cc1nn(C)c2c1[nH]c(=S)n2Cc1ccc(F)cc1F. The van der Waals surface area contributed by atoms with Crippen molar-refractivity contribution in [2.75, 3.05) is 0 Å². The molecule has 1 N–H and O–H groups in total. The van der Waals surface area contributed by atoms with Gasteiger partial charge in [-0.25, -0.2) is 8.78 Å². The van der Waals surface area contributed by atoms with Gasteiger partial charge in [-0.1, -0.05) is 6.07 Å². The van der Waals surface area contributed by atoms with Gasteiger partial charge in [0.1, 0.15) is 17.2 Å². The minimum Gasteiger partial charge on any atom is -0.328 e. The molecular weight excluding hydrogens is 282 g/mol. The smallest absolute Gasteiger partial charge is 0.179 e. The quantitative estimate of drug-likeness (QED) is 0.738. The van der Waals surface area contributed by atoms with Gasteiger partial charge < -0.3 is 4.98 Å². The molecule has 20 heavy (non-hydrogen) atoms. The Kier molecular flexibility index (Phi) is 2.93. The monoisotopic (exact) mass is 294 g/mol. The van der Waals surface area contributed by atoms with E-state index in [1.807, 2.05) is 6.92 Å². The summed E-state index contributed by atoms with van der Waals surface area (Å²) in [5, 5.41) is 4.29. The molecule has 0 radical (unpaired) electrons. The van der Waals surface area contributed by atoms with Crippen LogP contribution >= 0.6 is 12.2 Å². The fourth-order valence-corrected chi connectivity index (χ4v) is 2.59. The van der Waals surface area contributed by atoms with Crippen molar-refractivity contribution in [2.24, 2.45) is 7.05 Å². The van der Waals surface area contributed by atoms with Gasteiger partial charge in [-0.05, 0) is 25.2 Å². The highest BCUT2D eigenvalue weighted by atomic mass is 32.1. The highest BCUT2D eigenvalue weighted by molar-refractivity contribution is 7.71. The summed E-state index contributed by atoms with van der Waals surface area (Å²) < 4.78 is 30.6. The van der Waals surface area contributed by atoms with Crippen molar-refractivity contribution in [3.8, 4) is 0 Å². The number of aryl methyl sites for hydroxylation is 2. The van der Waals surface area contributed by atoms with Crippen molar-refractivity contribution in [2.45, 2.75) is 13.5 Å². The average Bonchev–Trinajstić information content (AvgIpc) is 2.83. The first-order chi connectivity index (χ1) is 9.47. The molecular formula is C13H12F2N4S. The molecule has 0 aliphatic carbocycles. The Morgan fingerprint density at radius 1 is 1.35 bits per heavy atom. The van der Waals surface area contributed by atoms with Crippen molar-refractivity contribution in [1.82, 2.24) is 19.3 Å². The van der Waals surface area contributed by atoms with Crippen LogP contribution in [0, 0.1) is 23.3 Å². The Bertz CT molecular complexity index is 859. The zero-order chi connectivity index (χ0) is 14.4. The van der Waals surface area contributed by atoms with Crippen LogP contribution in [-0.2, 0) is 13.6 Å². The van der Waals surface area contributed by atoms with Gasteiger partial charge in [-0.15, -0.1) is 0 Å². The number of nitrogens with zero attached hydrogens (tertiary/aromatic N) is 3. The predicted octanol–water partition coefficient (Wildman–Crippen LogP) is 3.07. The van der Waals surface area contributed by atoms with Crippen molar-refractivity contribution in [3.05, 3.63) is 45.9 Å². The van der Waals surface area contributed by atoms with Crippen LogP contribution in [0.5, 0.6) is 0 Å². The topological polar surface area (TPSA) is 38.5 Å². The zero-order valence-corrected chi connectivity index (χ0v) is 11.8. The lowest BCUT2D eigenvalue weighted by Gasteiger charge is -2.06. The molecule has 7 heteroatoms. The van der Waals surface area contributed by atoms with E-state index in [1.54, 1.807) is 16.3 Å². The Hall–Kier alpha value is -2.02. The van der Waals surface area contributed by atoms with Crippen molar-refractivity contribution < 1.29 is 8.78 Å². The molecule has 0 spiro atoms. The molecule has 1 aromatic carbocycles. The van der Waals surface area contributed by atoms with E-state index in [4.69, 9.17) is 12.2 Å². The second-order valence-corrected chi connectivity index (χ2v) is 5.05. The molecule has 0 fully saturated rings. The lowest BCUT2D eigenvalue weighted by Crippen LogP contribution is -2.06. The summed E-state index contributed by atoms with van der Waals surface area (Å²) in [4.78, 5) is 3.07. The average molecular weight is 294 g/mol. The number of nitrogens with one attached hydrogen (secondary N) is 1. The van der Waals surface area contributed by atoms with E-state index in [0.29, 0.717) is 10.3 Å². The maximum Gasteiger partial charge on any atom is 0.179 e. The second-order valence-electron chi connectivity index (χ2n) is 4.66. The van der Waals surface area contributed by atoms with Crippen LogP contribution in [-0.4, -0.2) is 19.3 Å². The summed E-state index contributed by atoms with van der Waals surface area (Å²) in [6, 6.07) is 3.53. The Morgan fingerprint density at radius 2 is 2.10 bits per heavy atom. The number of hydrogen-bond acceptors (Lipinski definition) is 2. The number of imidazole rings is 1. The van der Waals surface area contributed by atoms with E-state index in [1.165, 1.54) is 12.1 Å². The third kappa shape index (κ3) is 1.94. The van der Waals surface area contributed by atoms with E-state index in [-0.39, 0.29) is 6.54 Å². The van der Waals surface area contributed by atoms with E-state index < -0.39 is 11.6 Å². The van der Waals surface area contributed by atoms with Gasteiger partial charge in [0.2, 0.25) is 0 Å². The molecule has 0 aliphatic rings. The first kappa shape index (κ1) is 13.0. The fourth-order valence-electron chi connectivity index (χ4n) is 2.34. The Balaban J connectivity index is 2.15. The van der Waals surface area contributed by atoms with Crippen molar-refractivity contribution in [1.29, 1.82) is 0 Å². The highest BCUT2D eigenvalue weighted by Crippen LogP contribution is 2.19. The summed E-state index contributed by atoms with van der Waals surface area (Å²) in [7, 11) is 1.80. The molecule has 0 atom stereocenters. The Morgan fingerprint density at radius 3 is 2.80 bits per heavy atom. The molecule has 2 aromatic heterocycles. The van der Waals surface area contributed by atoms with Gasteiger partial charge in [0, 0.05) is 18.7 Å². The third-order valence-corrected chi connectivity index (χ3v) is 3.59. The summed E-state index contributed by atoms with van der Waals surface area (Å²) in [6.07, 6.45) is 0. The van der Waals surface area contributed by atoms with Gasteiger partial charge in [-0.2, -0.15) is 5.10 Å². The number of H-pyrrole nitrogens is 1.